The Bertz CT molecular complexity index is 318. The molecular formula is C15H28N2O3. The molecular weight excluding hydrogens is 256 g/mol. The number of hydrogen-bond acceptors (Lipinski definition) is 3. The van der Waals surface area contributed by atoms with E-state index in [1.165, 1.54) is 6.42 Å². The van der Waals surface area contributed by atoms with Crippen molar-refractivity contribution < 1.29 is 14.6 Å². The van der Waals surface area contributed by atoms with Gasteiger partial charge in [-0.1, -0.05) is 12.8 Å². The quantitative estimate of drug-likeness (QED) is 0.666. The van der Waals surface area contributed by atoms with Crippen LogP contribution in [0.4, 0.5) is 4.79 Å². The van der Waals surface area contributed by atoms with E-state index in [0.29, 0.717) is 12.5 Å². The van der Waals surface area contributed by atoms with Crippen molar-refractivity contribution in [3.05, 3.63) is 0 Å². The second kappa shape index (κ2) is 7.27. The number of carbonyl (C=O) groups excluding carboxylic acids is 1. The summed E-state index contributed by atoms with van der Waals surface area (Å²) in [6, 6.07) is 0.157. The van der Waals surface area contributed by atoms with E-state index >= 15 is 0 Å². The molecule has 0 spiro atoms. The lowest BCUT2D eigenvalue weighted by molar-refractivity contribution is 0.0199. The van der Waals surface area contributed by atoms with E-state index in [4.69, 9.17) is 9.84 Å². The number of hydrogen-bond donors (Lipinski definition) is 3. The second-order valence-corrected chi connectivity index (χ2v) is 6.42. The van der Waals surface area contributed by atoms with Crippen molar-refractivity contribution in [3.8, 4) is 0 Å². The van der Waals surface area contributed by atoms with Crippen LogP contribution in [0.3, 0.4) is 0 Å². The van der Waals surface area contributed by atoms with E-state index in [1.807, 2.05) is 0 Å². The van der Waals surface area contributed by atoms with E-state index in [0.717, 1.165) is 45.1 Å². The number of urea groups is 1. The molecule has 2 rings (SSSR count). The van der Waals surface area contributed by atoms with Crippen LogP contribution >= 0.6 is 0 Å². The lowest BCUT2D eigenvalue weighted by Crippen LogP contribution is -2.50. The fraction of sp³-hybridized carbons (Fsp3) is 0.933. The number of amides is 2. The van der Waals surface area contributed by atoms with Crippen molar-refractivity contribution in [2.45, 2.75) is 51.0 Å². The van der Waals surface area contributed by atoms with Crippen molar-refractivity contribution in [1.29, 1.82) is 0 Å². The number of aliphatic hydroxyl groups is 1. The number of rotatable bonds is 7. The van der Waals surface area contributed by atoms with E-state index in [2.05, 4.69) is 10.6 Å². The zero-order valence-corrected chi connectivity index (χ0v) is 12.5. The van der Waals surface area contributed by atoms with Crippen LogP contribution in [0.15, 0.2) is 0 Å². The minimum absolute atomic E-state index is 0.0674. The first-order valence-electron chi connectivity index (χ1n) is 7.83. The van der Waals surface area contributed by atoms with Gasteiger partial charge in [0.15, 0.2) is 0 Å². The van der Waals surface area contributed by atoms with Crippen molar-refractivity contribution in [1.82, 2.24) is 10.6 Å². The molecule has 0 radical (unpaired) electrons. The van der Waals surface area contributed by atoms with Gasteiger partial charge < -0.3 is 20.5 Å². The molecule has 2 saturated carbocycles. The number of carbonyl (C=O) groups is 1. The van der Waals surface area contributed by atoms with Gasteiger partial charge in [0.1, 0.15) is 0 Å². The molecule has 0 bridgehead atoms. The second-order valence-electron chi connectivity index (χ2n) is 6.42. The molecule has 20 heavy (non-hydrogen) atoms. The largest absolute Gasteiger partial charge is 0.396 e. The maximum atomic E-state index is 12.0. The first-order valence-corrected chi connectivity index (χ1v) is 7.83. The molecule has 0 heterocycles. The van der Waals surface area contributed by atoms with E-state index in [-0.39, 0.29) is 24.1 Å². The van der Waals surface area contributed by atoms with Gasteiger partial charge in [-0.2, -0.15) is 0 Å². The Morgan fingerprint density at radius 1 is 1.35 bits per heavy atom. The Balaban J connectivity index is 1.72. The number of aliphatic hydroxyl groups excluding tert-OH is 1. The summed E-state index contributed by atoms with van der Waals surface area (Å²) in [5, 5.41) is 15.1. The third kappa shape index (κ3) is 3.85. The van der Waals surface area contributed by atoms with Crippen molar-refractivity contribution in [2.24, 2.45) is 11.3 Å². The minimum atomic E-state index is -0.0674. The predicted molar refractivity (Wildman–Crippen MR) is 77.5 cm³/mol. The van der Waals surface area contributed by atoms with Crippen LogP contribution in [0.25, 0.3) is 0 Å². The SMILES string of the molecule is COCC1(CNC(=O)N[C@H]2CCC[C@@H]2CCO)CCC1. The summed E-state index contributed by atoms with van der Waals surface area (Å²) < 4.78 is 5.26. The van der Waals surface area contributed by atoms with Gasteiger partial charge in [0.25, 0.3) is 0 Å². The summed E-state index contributed by atoms with van der Waals surface area (Å²) in [6.07, 6.45) is 7.57. The molecule has 0 saturated heterocycles. The summed E-state index contributed by atoms with van der Waals surface area (Å²) in [5.41, 5.74) is 0.159. The van der Waals surface area contributed by atoms with Crippen molar-refractivity contribution >= 4 is 6.03 Å². The first kappa shape index (κ1) is 15.6. The van der Waals surface area contributed by atoms with Crippen LogP contribution in [0.5, 0.6) is 0 Å². The molecule has 2 atom stereocenters. The van der Waals surface area contributed by atoms with Crippen LogP contribution in [-0.2, 0) is 4.74 Å². The molecule has 2 amide bonds. The third-order valence-electron chi connectivity index (χ3n) is 4.96. The molecule has 5 nitrogen and oxygen atoms in total. The molecule has 2 fully saturated rings. The fourth-order valence-corrected chi connectivity index (χ4v) is 3.58. The van der Waals surface area contributed by atoms with Gasteiger partial charge in [-0.15, -0.1) is 0 Å². The Morgan fingerprint density at radius 3 is 2.75 bits per heavy atom. The molecule has 0 unspecified atom stereocenters. The molecule has 2 aliphatic carbocycles. The fourth-order valence-electron chi connectivity index (χ4n) is 3.58. The highest BCUT2D eigenvalue weighted by molar-refractivity contribution is 5.74. The van der Waals surface area contributed by atoms with Crippen LogP contribution in [0, 0.1) is 11.3 Å². The number of nitrogens with one attached hydrogen (secondary N) is 2. The average Bonchev–Trinajstić information content (AvgIpc) is 2.80. The molecule has 3 N–H and O–H groups in total. The van der Waals surface area contributed by atoms with Gasteiger partial charge in [0.05, 0.1) is 6.61 Å². The molecule has 116 valence electrons. The highest BCUT2D eigenvalue weighted by Gasteiger charge is 2.37. The smallest absolute Gasteiger partial charge is 0.315 e. The number of ether oxygens (including phenoxy) is 1. The average molecular weight is 284 g/mol. The van der Waals surface area contributed by atoms with Gasteiger partial charge >= 0.3 is 6.03 Å². The summed E-state index contributed by atoms with van der Waals surface area (Å²) in [6.45, 7) is 1.63. The van der Waals surface area contributed by atoms with E-state index < -0.39 is 0 Å². The van der Waals surface area contributed by atoms with Crippen LogP contribution < -0.4 is 10.6 Å². The monoisotopic (exact) mass is 284 g/mol. The summed E-state index contributed by atoms with van der Waals surface area (Å²) in [7, 11) is 1.72. The van der Waals surface area contributed by atoms with Crippen LogP contribution in [0.2, 0.25) is 0 Å². The van der Waals surface area contributed by atoms with Gasteiger partial charge in [0.2, 0.25) is 0 Å². The molecule has 2 aliphatic rings. The molecule has 0 aliphatic heterocycles. The topological polar surface area (TPSA) is 70.6 Å². The number of methoxy groups -OCH3 is 1. The van der Waals surface area contributed by atoms with Gasteiger partial charge in [-0.05, 0) is 38.0 Å². The minimum Gasteiger partial charge on any atom is -0.396 e. The Kier molecular flexibility index (Phi) is 5.66. The van der Waals surface area contributed by atoms with Gasteiger partial charge in [-0.3, -0.25) is 0 Å². The van der Waals surface area contributed by atoms with E-state index in [1.54, 1.807) is 7.11 Å². The molecule has 0 aromatic carbocycles. The Labute approximate surface area is 121 Å². The van der Waals surface area contributed by atoms with E-state index in [9.17, 15) is 4.79 Å². The summed E-state index contributed by atoms with van der Waals surface area (Å²) in [4.78, 5) is 12.0. The molecule has 5 heteroatoms. The highest BCUT2D eigenvalue weighted by Crippen LogP contribution is 2.40. The van der Waals surface area contributed by atoms with Gasteiger partial charge in [-0.25, -0.2) is 4.79 Å². The highest BCUT2D eigenvalue weighted by atomic mass is 16.5. The zero-order valence-electron chi connectivity index (χ0n) is 12.5. The van der Waals surface area contributed by atoms with Gasteiger partial charge in [0, 0.05) is 31.7 Å². The van der Waals surface area contributed by atoms with Crippen molar-refractivity contribution in [2.75, 3.05) is 26.9 Å². The van der Waals surface area contributed by atoms with Crippen LogP contribution in [0.1, 0.15) is 44.9 Å². The first-order chi connectivity index (χ1) is 9.69. The summed E-state index contributed by atoms with van der Waals surface area (Å²) >= 11 is 0. The van der Waals surface area contributed by atoms with Crippen LogP contribution in [-0.4, -0.2) is 44.0 Å². The zero-order chi connectivity index (χ0) is 14.4. The summed E-state index contributed by atoms with van der Waals surface area (Å²) in [5.74, 6) is 0.433. The van der Waals surface area contributed by atoms with Crippen molar-refractivity contribution in [3.63, 3.8) is 0 Å². The molecule has 0 aromatic rings. The predicted octanol–water partition coefficient (Wildman–Crippen LogP) is 1.65. The lowest BCUT2D eigenvalue weighted by atomic mass is 9.69. The Hall–Kier alpha value is -0.810. The third-order valence-corrected chi connectivity index (χ3v) is 4.96. The molecule has 0 aromatic heterocycles. The lowest BCUT2D eigenvalue weighted by Gasteiger charge is -2.41. The maximum absolute atomic E-state index is 12.0. The normalized spacial score (nSPS) is 27.9. The maximum Gasteiger partial charge on any atom is 0.315 e. The Morgan fingerprint density at radius 2 is 2.15 bits per heavy atom. The standard InChI is InChI=1S/C15H28N2O3/c1-20-11-15(7-3-8-15)10-16-14(19)17-13-5-2-4-12(13)6-9-18/h12-13,18H,2-11H2,1H3,(H2,16,17,19)/t12-,13+/m1/s1.